The predicted molar refractivity (Wildman–Crippen MR) is 197 cm³/mol. The molecule has 0 amide bonds. The van der Waals surface area contributed by atoms with E-state index in [1.807, 2.05) is 41.5 Å². The summed E-state index contributed by atoms with van der Waals surface area (Å²) < 4.78 is 45.3. The van der Waals surface area contributed by atoms with E-state index in [-0.39, 0.29) is 22.6 Å². The van der Waals surface area contributed by atoms with Crippen molar-refractivity contribution in [2.24, 2.45) is 0 Å². The number of hydrogen-bond acceptors (Lipinski definition) is 10. The molecule has 14 nitrogen and oxygen atoms in total. The van der Waals surface area contributed by atoms with Gasteiger partial charge in [0.05, 0.1) is 0 Å². The molecule has 0 fully saturated rings. The van der Waals surface area contributed by atoms with Crippen molar-refractivity contribution in [2.75, 3.05) is 26.4 Å². The lowest BCUT2D eigenvalue weighted by atomic mass is 9.78. The summed E-state index contributed by atoms with van der Waals surface area (Å²) in [6.07, 6.45) is -2.62. The highest BCUT2D eigenvalue weighted by Crippen LogP contribution is 2.43. The first kappa shape index (κ1) is 49.8. The monoisotopic (exact) mass is 762 g/mol. The van der Waals surface area contributed by atoms with Crippen molar-refractivity contribution in [1.82, 2.24) is 0 Å². The summed E-state index contributed by atoms with van der Waals surface area (Å²) in [5.41, 5.74) is -0.166. The van der Waals surface area contributed by atoms with Crippen LogP contribution in [0.5, 0.6) is 11.5 Å². The van der Waals surface area contributed by atoms with Crippen LogP contribution in [-0.4, -0.2) is 80.4 Å². The molecule has 0 aromatic heterocycles. The first-order chi connectivity index (χ1) is 23.6. The molecule has 2 aromatic carbocycles. The summed E-state index contributed by atoms with van der Waals surface area (Å²) in [6.45, 7) is 23.2. The average molecular weight is 763 g/mol. The zero-order chi connectivity index (χ0) is 40.3. The van der Waals surface area contributed by atoms with E-state index in [1.54, 1.807) is 13.8 Å². The van der Waals surface area contributed by atoms with Crippen molar-refractivity contribution in [2.45, 2.75) is 86.9 Å². The first-order valence-corrected chi connectivity index (χ1v) is 19.5. The molecule has 0 aliphatic heterocycles. The molecule has 0 aliphatic carbocycles. The second-order valence-electron chi connectivity index (χ2n) is 10.8. The van der Waals surface area contributed by atoms with E-state index in [2.05, 4.69) is 13.2 Å². The van der Waals surface area contributed by atoms with Crippen molar-refractivity contribution in [1.29, 1.82) is 0 Å². The van der Waals surface area contributed by atoms with Gasteiger partial charge >= 0.3 is 27.1 Å². The Bertz CT molecular complexity index is 1410. The molecule has 0 aliphatic rings. The number of benzene rings is 2. The highest BCUT2D eigenvalue weighted by molar-refractivity contribution is 7.60. The Balaban J connectivity index is 0. The van der Waals surface area contributed by atoms with E-state index in [0.29, 0.717) is 11.1 Å². The van der Waals surface area contributed by atoms with Gasteiger partial charge in [-0.2, -0.15) is 0 Å². The number of carbonyl (C=O) groups excluding carboxylic acids is 2. The molecule has 0 saturated carbocycles. The van der Waals surface area contributed by atoms with Gasteiger partial charge in [0.25, 0.3) is 0 Å². The molecular formula is C35H56O14P2. The lowest BCUT2D eigenvalue weighted by molar-refractivity contribution is -0.143. The molecule has 51 heavy (non-hydrogen) atoms. The van der Waals surface area contributed by atoms with Crippen LogP contribution in [0.3, 0.4) is 0 Å². The lowest BCUT2D eigenvalue weighted by Gasteiger charge is -2.28. The summed E-state index contributed by atoms with van der Waals surface area (Å²) in [7, 11) is -9.87. The van der Waals surface area contributed by atoms with Gasteiger partial charge in [0.1, 0.15) is 60.7 Å². The van der Waals surface area contributed by atoms with Crippen LogP contribution in [0.4, 0.5) is 0 Å². The molecule has 0 bridgehead atoms. The summed E-state index contributed by atoms with van der Waals surface area (Å²) in [5.74, 6) is -1.92. The number of ether oxygens (including phenoxy) is 4. The van der Waals surface area contributed by atoms with Gasteiger partial charge in [-0.1, -0.05) is 80.7 Å². The highest BCUT2D eigenvalue weighted by atomic mass is 31.2. The predicted octanol–water partition coefficient (Wildman–Crippen LogP) is 4.42. The Hall–Kier alpha value is -3.32. The second kappa shape index (κ2) is 23.3. The minimum Gasteiger partial charge on any atom is -0.490 e. The van der Waals surface area contributed by atoms with Gasteiger partial charge in [-0.05, 0) is 49.2 Å². The molecule has 2 aromatic rings. The van der Waals surface area contributed by atoms with Crippen LogP contribution in [0.2, 0.25) is 0 Å². The molecule has 0 heterocycles. The fourth-order valence-electron chi connectivity index (χ4n) is 3.74. The van der Waals surface area contributed by atoms with Crippen LogP contribution in [0.25, 0.3) is 0 Å². The molecule has 0 spiro atoms. The van der Waals surface area contributed by atoms with Crippen LogP contribution in [0.1, 0.15) is 80.4 Å². The minimum atomic E-state index is -4.94. The molecule has 6 N–H and O–H groups in total. The van der Waals surface area contributed by atoms with Gasteiger partial charge < -0.3 is 48.7 Å². The molecule has 2 atom stereocenters. The van der Waals surface area contributed by atoms with E-state index < -0.39 is 81.8 Å². The Labute approximate surface area is 301 Å². The number of esters is 2. The minimum absolute atomic E-state index is 0.123. The number of aliphatic hydroxyl groups excluding tert-OH is 2. The normalized spacial score (nSPS) is 12.2. The standard InChI is InChI=1S/C29H38O14P2.3C2H6/c1-17(2)27(32)42-15-21(30)13-40-23-9-7-19(11-25(23)44(34,35)36)29(5,6)20-8-10-24(26(12-20)45(37,38)39)41-14-22(31)16-43-28(33)18(3)4;3*1-2/h7-12,21-22,30-31H,1,3,13-16H2,2,4-6H3,(H2,34,35,36)(H2,37,38,39);3*1-2H3. The van der Waals surface area contributed by atoms with Gasteiger partial charge in [0.2, 0.25) is 0 Å². The van der Waals surface area contributed by atoms with E-state index >= 15 is 0 Å². The maximum atomic E-state index is 12.4. The van der Waals surface area contributed by atoms with Crippen molar-refractivity contribution < 1.29 is 67.5 Å². The van der Waals surface area contributed by atoms with E-state index in [4.69, 9.17) is 18.9 Å². The summed E-state index contributed by atoms with van der Waals surface area (Å²) in [4.78, 5) is 63.2. The van der Waals surface area contributed by atoms with Crippen molar-refractivity contribution in [3.63, 3.8) is 0 Å². The maximum absolute atomic E-state index is 12.4. The SMILES string of the molecule is C=C(C)C(=O)OCC(O)COc1ccc(C(C)(C)c2ccc(OCC(O)COC(=O)C(=C)C)c(P(=O)(O)O)c2)cc1P(=O)(O)O.CC.CC.CC. The van der Waals surface area contributed by atoms with Crippen LogP contribution >= 0.6 is 15.2 Å². The molecule has 2 unspecified atom stereocenters. The zero-order valence-corrected chi connectivity index (χ0v) is 33.0. The smallest absolute Gasteiger partial charge is 0.359 e. The van der Waals surface area contributed by atoms with Crippen molar-refractivity contribution in [3.05, 3.63) is 71.8 Å². The Morgan fingerprint density at radius 1 is 0.647 bits per heavy atom. The van der Waals surface area contributed by atoms with Crippen LogP contribution < -0.4 is 20.1 Å². The Kier molecular flexibility index (Phi) is 22.7. The van der Waals surface area contributed by atoms with Crippen LogP contribution in [0.15, 0.2) is 60.7 Å². The molecule has 2 rings (SSSR count). The molecular weight excluding hydrogens is 706 g/mol. The molecule has 16 heteroatoms. The molecule has 290 valence electrons. The molecule has 0 saturated heterocycles. The van der Waals surface area contributed by atoms with Crippen LogP contribution in [0, 0.1) is 0 Å². The van der Waals surface area contributed by atoms with Gasteiger partial charge in [-0.3, -0.25) is 9.13 Å². The first-order valence-electron chi connectivity index (χ1n) is 16.3. The Morgan fingerprint density at radius 2 is 0.941 bits per heavy atom. The summed E-state index contributed by atoms with van der Waals surface area (Å²) >= 11 is 0. The topological polar surface area (TPSA) is 227 Å². The number of aliphatic hydroxyl groups is 2. The maximum Gasteiger partial charge on any atom is 0.359 e. The fourth-order valence-corrected chi connectivity index (χ4v) is 5.20. The third-order valence-corrected chi connectivity index (χ3v) is 8.32. The Morgan fingerprint density at radius 3 is 1.20 bits per heavy atom. The van der Waals surface area contributed by atoms with Gasteiger partial charge in [-0.25, -0.2) is 9.59 Å². The fraction of sp³-hybridized carbons (Fsp3) is 0.486. The zero-order valence-electron chi connectivity index (χ0n) is 31.2. The molecule has 0 radical (unpaired) electrons. The van der Waals surface area contributed by atoms with Crippen LogP contribution in [-0.2, 0) is 33.6 Å². The van der Waals surface area contributed by atoms with Gasteiger partial charge in [-0.15, -0.1) is 0 Å². The van der Waals surface area contributed by atoms with E-state index in [9.17, 15) is 48.5 Å². The van der Waals surface area contributed by atoms with Gasteiger partial charge in [0.15, 0.2) is 0 Å². The highest BCUT2D eigenvalue weighted by Gasteiger charge is 2.32. The average Bonchev–Trinajstić information content (AvgIpc) is 3.09. The van der Waals surface area contributed by atoms with Crippen molar-refractivity contribution >= 4 is 37.7 Å². The van der Waals surface area contributed by atoms with Crippen molar-refractivity contribution in [3.8, 4) is 11.5 Å². The lowest BCUT2D eigenvalue weighted by Crippen LogP contribution is -2.28. The second-order valence-corrected chi connectivity index (χ2v) is 13.9. The largest absolute Gasteiger partial charge is 0.490 e. The summed E-state index contributed by atoms with van der Waals surface area (Å²) in [6, 6.07) is 7.92. The third-order valence-electron chi connectivity index (χ3n) is 6.36. The van der Waals surface area contributed by atoms with Gasteiger partial charge in [0, 0.05) is 16.6 Å². The van der Waals surface area contributed by atoms with E-state index in [0.717, 1.165) is 0 Å². The number of carbonyl (C=O) groups is 2. The van der Waals surface area contributed by atoms with E-state index in [1.165, 1.54) is 50.2 Å². The number of hydrogen-bond donors (Lipinski definition) is 6. The quantitative estimate of drug-likeness (QED) is 0.0791. The number of rotatable bonds is 16. The summed E-state index contributed by atoms with van der Waals surface area (Å²) in [5, 5.41) is 19.2. The third kappa shape index (κ3) is 16.7.